The molecule has 3 rings (SSSR count). The number of hydrogen-bond donors (Lipinski definition) is 2. The molecule has 1 amide bonds. The van der Waals surface area contributed by atoms with Crippen LogP contribution in [0.2, 0.25) is 5.02 Å². The summed E-state index contributed by atoms with van der Waals surface area (Å²) >= 11 is 6.07. The van der Waals surface area contributed by atoms with Crippen LogP contribution >= 0.6 is 11.6 Å². The van der Waals surface area contributed by atoms with E-state index in [1.54, 1.807) is 19.1 Å². The molecule has 0 saturated heterocycles. The maximum atomic E-state index is 13.0. The molecule has 0 saturated carbocycles. The summed E-state index contributed by atoms with van der Waals surface area (Å²) in [7, 11) is -2.42. The van der Waals surface area contributed by atoms with E-state index in [-0.39, 0.29) is 16.1 Å². The molecule has 0 bridgehead atoms. The Balaban J connectivity index is 1.77. The van der Waals surface area contributed by atoms with E-state index in [0.717, 1.165) is 17.7 Å². The summed E-state index contributed by atoms with van der Waals surface area (Å²) in [6.45, 7) is 1.80. The molecular formula is C21H18ClFN2O4S. The fourth-order valence-corrected chi connectivity index (χ4v) is 3.85. The van der Waals surface area contributed by atoms with E-state index >= 15 is 0 Å². The highest BCUT2D eigenvalue weighted by molar-refractivity contribution is 7.92. The minimum absolute atomic E-state index is 0.0386. The normalized spacial score (nSPS) is 11.1. The second-order valence-corrected chi connectivity index (χ2v) is 8.48. The summed E-state index contributed by atoms with van der Waals surface area (Å²) < 4.78 is 45.5. The van der Waals surface area contributed by atoms with Crippen molar-refractivity contribution in [2.45, 2.75) is 11.8 Å². The predicted molar refractivity (Wildman–Crippen MR) is 114 cm³/mol. The van der Waals surface area contributed by atoms with E-state index in [4.69, 9.17) is 16.3 Å². The van der Waals surface area contributed by atoms with Gasteiger partial charge in [-0.1, -0.05) is 11.6 Å². The van der Waals surface area contributed by atoms with Crippen molar-refractivity contribution in [2.24, 2.45) is 0 Å². The first-order chi connectivity index (χ1) is 14.2. The van der Waals surface area contributed by atoms with Crippen molar-refractivity contribution in [3.05, 3.63) is 82.6 Å². The van der Waals surface area contributed by atoms with E-state index in [9.17, 15) is 17.6 Å². The zero-order valence-corrected chi connectivity index (χ0v) is 17.6. The summed E-state index contributed by atoms with van der Waals surface area (Å²) in [4.78, 5) is 12.5. The number of benzene rings is 3. The highest BCUT2D eigenvalue weighted by Crippen LogP contribution is 2.31. The first-order valence-corrected chi connectivity index (χ1v) is 10.6. The van der Waals surface area contributed by atoms with Crippen LogP contribution in [0.5, 0.6) is 5.75 Å². The fraction of sp³-hybridized carbons (Fsp3) is 0.0952. The molecule has 0 heterocycles. The largest absolute Gasteiger partial charge is 0.495 e. The molecule has 30 heavy (non-hydrogen) atoms. The van der Waals surface area contributed by atoms with Gasteiger partial charge >= 0.3 is 0 Å². The van der Waals surface area contributed by atoms with Gasteiger partial charge < -0.3 is 10.1 Å². The molecule has 0 spiro atoms. The minimum atomic E-state index is -3.89. The molecular weight excluding hydrogens is 431 g/mol. The van der Waals surface area contributed by atoms with Gasteiger partial charge in [-0.25, -0.2) is 12.8 Å². The second-order valence-electron chi connectivity index (χ2n) is 6.39. The van der Waals surface area contributed by atoms with Gasteiger partial charge in [-0.15, -0.1) is 0 Å². The lowest BCUT2D eigenvalue weighted by atomic mass is 10.1. The van der Waals surface area contributed by atoms with Crippen LogP contribution in [0.1, 0.15) is 15.9 Å². The Morgan fingerprint density at radius 3 is 2.27 bits per heavy atom. The Morgan fingerprint density at radius 2 is 1.67 bits per heavy atom. The number of rotatable bonds is 6. The number of halogens is 2. The van der Waals surface area contributed by atoms with Gasteiger partial charge in [0.2, 0.25) is 0 Å². The highest BCUT2D eigenvalue weighted by Gasteiger charge is 2.16. The second kappa shape index (κ2) is 8.73. The summed E-state index contributed by atoms with van der Waals surface area (Å²) in [6.07, 6.45) is 0. The van der Waals surface area contributed by atoms with Crippen molar-refractivity contribution in [3.8, 4) is 5.75 Å². The van der Waals surface area contributed by atoms with E-state index in [2.05, 4.69) is 10.0 Å². The quantitative estimate of drug-likeness (QED) is 0.564. The van der Waals surface area contributed by atoms with Crippen molar-refractivity contribution in [1.29, 1.82) is 0 Å². The summed E-state index contributed by atoms with van der Waals surface area (Å²) in [6, 6.07) is 13.6. The molecule has 2 N–H and O–H groups in total. The number of hydrogen-bond acceptors (Lipinski definition) is 4. The van der Waals surface area contributed by atoms with Gasteiger partial charge in [-0.05, 0) is 67.1 Å². The first-order valence-electron chi connectivity index (χ1n) is 8.73. The number of nitrogens with one attached hydrogen (secondary N) is 2. The Labute approximate surface area is 178 Å². The molecule has 0 radical (unpaired) electrons. The monoisotopic (exact) mass is 448 g/mol. The third kappa shape index (κ3) is 4.90. The SMILES string of the molecule is COc1cc(Cl)c(C)cc1NC(=O)c1ccc(S(=O)(=O)Nc2ccc(F)cc2)cc1. The molecule has 6 nitrogen and oxygen atoms in total. The average molecular weight is 449 g/mol. The molecule has 3 aromatic carbocycles. The lowest BCUT2D eigenvalue weighted by Gasteiger charge is -2.13. The number of methoxy groups -OCH3 is 1. The summed E-state index contributed by atoms with van der Waals surface area (Å²) in [5.41, 5.74) is 1.69. The number of ether oxygens (including phenoxy) is 1. The summed E-state index contributed by atoms with van der Waals surface area (Å²) in [5.74, 6) is -0.507. The number of sulfonamides is 1. The van der Waals surface area contributed by atoms with Crippen LogP contribution in [0, 0.1) is 12.7 Å². The smallest absolute Gasteiger partial charge is 0.261 e. The molecule has 0 aliphatic rings. The molecule has 0 fully saturated rings. The van der Waals surface area contributed by atoms with E-state index < -0.39 is 21.7 Å². The van der Waals surface area contributed by atoms with Crippen LogP contribution in [0.15, 0.2) is 65.6 Å². The Hall–Kier alpha value is -3.10. The van der Waals surface area contributed by atoms with Crippen LogP contribution in [0.3, 0.4) is 0 Å². The predicted octanol–water partition coefficient (Wildman–Crippen LogP) is 4.85. The van der Waals surface area contributed by atoms with E-state index in [1.165, 1.54) is 43.5 Å². The molecule has 0 atom stereocenters. The molecule has 0 aromatic heterocycles. The van der Waals surface area contributed by atoms with Gasteiger partial charge in [0.15, 0.2) is 0 Å². The molecule has 0 aliphatic heterocycles. The Kier molecular flexibility index (Phi) is 6.28. The first kappa shape index (κ1) is 21.6. The van der Waals surface area contributed by atoms with Crippen molar-refractivity contribution in [1.82, 2.24) is 0 Å². The Morgan fingerprint density at radius 1 is 1.03 bits per heavy atom. The van der Waals surface area contributed by atoms with Crippen LogP contribution in [-0.2, 0) is 10.0 Å². The average Bonchev–Trinajstić information content (AvgIpc) is 2.72. The topological polar surface area (TPSA) is 84.5 Å². The number of aryl methyl sites for hydroxylation is 1. The maximum absolute atomic E-state index is 13.0. The molecule has 0 aliphatic carbocycles. The maximum Gasteiger partial charge on any atom is 0.261 e. The number of anilines is 2. The number of carbonyl (C=O) groups is 1. The molecule has 9 heteroatoms. The zero-order valence-electron chi connectivity index (χ0n) is 16.1. The zero-order chi connectivity index (χ0) is 21.9. The summed E-state index contributed by atoms with van der Waals surface area (Å²) in [5, 5.41) is 3.23. The van der Waals surface area contributed by atoms with Crippen LogP contribution in [-0.4, -0.2) is 21.4 Å². The fourth-order valence-electron chi connectivity index (χ4n) is 2.64. The third-order valence-electron chi connectivity index (χ3n) is 4.25. The van der Waals surface area contributed by atoms with Gasteiger partial charge in [0.1, 0.15) is 11.6 Å². The highest BCUT2D eigenvalue weighted by atomic mass is 35.5. The van der Waals surface area contributed by atoms with Crippen LogP contribution in [0.4, 0.5) is 15.8 Å². The van der Waals surface area contributed by atoms with Gasteiger partial charge in [0.05, 0.1) is 17.7 Å². The van der Waals surface area contributed by atoms with Crippen molar-refractivity contribution in [2.75, 3.05) is 17.1 Å². The van der Waals surface area contributed by atoms with Crippen molar-refractivity contribution < 1.29 is 22.3 Å². The lowest BCUT2D eigenvalue weighted by molar-refractivity contribution is 0.102. The van der Waals surface area contributed by atoms with Gasteiger partial charge in [0.25, 0.3) is 15.9 Å². The van der Waals surface area contributed by atoms with Crippen molar-refractivity contribution >= 4 is 38.9 Å². The third-order valence-corrected chi connectivity index (χ3v) is 6.06. The number of amides is 1. The van der Waals surface area contributed by atoms with E-state index in [1.807, 2.05) is 0 Å². The molecule has 156 valence electrons. The standard InChI is InChI=1S/C21H18ClFN2O4S/c1-13-11-19(20(29-2)12-18(13)22)24-21(26)14-3-9-17(10-4-14)30(27,28)25-16-7-5-15(23)6-8-16/h3-12,25H,1-2H3,(H,24,26). The molecule has 3 aromatic rings. The van der Waals surface area contributed by atoms with E-state index in [0.29, 0.717) is 16.5 Å². The number of carbonyl (C=O) groups excluding carboxylic acids is 1. The van der Waals surface area contributed by atoms with Gasteiger partial charge in [-0.2, -0.15) is 0 Å². The van der Waals surface area contributed by atoms with Crippen LogP contribution < -0.4 is 14.8 Å². The van der Waals surface area contributed by atoms with Gasteiger partial charge in [-0.3, -0.25) is 9.52 Å². The molecule has 0 unspecified atom stereocenters. The van der Waals surface area contributed by atoms with Gasteiger partial charge in [0, 0.05) is 22.3 Å². The minimum Gasteiger partial charge on any atom is -0.495 e. The van der Waals surface area contributed by atoms with Crippen molar-refractivity contribution in [3.63, 3.8) is 0 Å². The lowest BCUT2D eigenvalue weighted by Crippen LogP contribution is -2.15. The Bertz CT molecular complexity index is 1180. The van der Waals surface area contributed by atoms with Crippen LogP contribution in [0.25, 0.3) is 0 Å².